The second kappa shape index (κ2) is 6.27. The molecule has 0 unspecified atom stereocenters. The summed E-state index contributed by atoms with van der Waals surface area (Å²) in [5, 5.41) is 16.2. The fraction of sp³-hybridized carbons (Fsp3) is 0.471. The SMILES string of the molecule is Cc1noc2ncc(C(=O)N[C@@H](C)c3nnc4n3CCCCC4)cc12. The summed E-state index contributed by atoms with van der Waals surface area (Å²) in [6.07, 6.45) is 5.91. The van der Waals surface area contributed by atoms with Gasteiger partial charge in [0.1, 0.15) is 5.82 Å². The lowest BCUT2D eigenvalue weighted by Gasteiger charge is -2.15. The molecule has 4 heterocycles. The molecule has 3 aromatic rings. The molecule has 1 amide bonds. The molecule has 4 rings (SSSR count). The van der Waals surface area contributed by atoms with Gasteiger partial charge in [0.2, 0.25) is 0 Å². The van der Waals surface area contributed by atoms with Gasteiger partial charge in [-0.1, -0.05) is 11.6 Å². The lowest BCUT2D eigenvalue weighted by Crippen LogP contribution is -2.29. The highest BCUT2D eigenvalue weighted by Crippen LogP contribution is 2.20. The molecule has 1 atom stereocenters. The van der Waals surface area contributed by atoms with Crippen LogP contribution in [0.4, 0.5) is 0 Å². The molecule has 25 heavy (non-hydrogen) atoms. The Bertz CT molecular complexity index is 929. The Morgan fingerprint density at radius 2 is 2.20 bits per heavy atom. The Hall–Kier alpha value is -2.77. The van der Waals surface area contributed by atoms with E-state index in [1.54, 1.807) is 6.07 Å². The van der Waals surface area contributed by atoms with Crippen molar-refractivity contribution in [1.29, 1.82) is 0 Å². The number of aryl methyl sites for hydroxylation is 2. The Morgan fingerprint density at radius 3 is 3.08 bits per heavy atom. The summed E-state index contributed by atoms with van der Waals surface area (Å²) in [5.74, 6) is 1.62. The Balaban J connectivity index is 1.55. The van der Waals surface area contributed by atoms with E-state index in [-0.39, 0.29) is 11.9 Å². The van der Waals surface area contributed by atoms with E-state index < -0.39 is 0 Å². The quantitative estimate of drug-likeness (QED) is 0.786. The molecular weight excluding hydrogens is 320 g/mol. The average Bonchev–Trinajstić information content (AvgIpc) is 3.10. The van der Waals surface area contributed by atoms with Crippen LogP contribution in [0.1, 0.15) is 59.9 Å². The molecule has 0 bridgehead atoms. The first-order valence-corrected chi connectivity index (χ1v) is 8.58. The molecular formula is C17H20N6O2. The van der Waals surface area contributed by atoms with Gasteiger partial charge in [-0.2, -0.15) is 0 Å². The maximum Gasteiger partial charge on any atom is 0.257 e. The number of carbonyl (C=O) groups is 1. The van der Waals surface area contributed by atoms with Crippen molar-refractivity contribution in [3.63, 3.8) is 0 Å². The fourth-order valence-corrected chi connectivity index (χ4v) is 3.24. The molecule has 1 aliphatic rings. The summed E-state index contributed by atoms with van der Waals surface area (Å²) in [5.41, 5.74) is 1.62. The second-order valence-corrected chi connectivity index (χ2v) is 6.48. The first-order valence-electron chi connectivity index (χ1n) is 8.58. The van der Waals surface area contributed by atoms with Gasteiger partial charge < -0.3 is 14.4 Å². The molecule has 0 aromatic carbocycles. The molecule has 1 aliphatic heterocycles. The summed E-state index contributed by atoms with van der Waals surface area (Å²) in [4.78, 5) is 16.8. The fourth-order valence-electron chi connectivity index (χ4n) is 3.24. The van der Waals surface area contributed by atoms with E-state index in [2.05, 4.69) is 30.2 Å². The third-order valence-corrected chi connectivity index (χ3v) is 4.65. The molecule has 8 nitrogen and oxygen atoms in total. The molecule has 0 fully saturated rings. The van der Waals surface area contributed by atoms with Gasteiger partial charge in [-0.3, -0.25) is 4.79 Å². The predicted molar refractivity (Wildman–Crippen MR) is 90.0 cm³/mol. The van der Waals surface area contributed by atoms with E-state index in [9.17, 15) is 4.79 Å². The molecule has 8 heteroatoms. The van der Waals surface area contributed by atoms with Crippen molar-refractivity contribution in [1.82, 2.24) is 30.2 Å². The van der Waals surface area contributed by atoms with Crippen LogP contribution >= 0.6 is 0 Å². The summed E-state index contributed by atoms with van der Waals surface area (Å²) in [6, 6.07) is 1.52. The van der Waals surface area contributed by atoms with Crippen LogP contribution in [-0.2, 0) is 13.0 Å². The Labute approximate surface area is 144 Å². The van der Waals surface area contributed by atoms with E-state index in [1.807, 2.05) is 13.8 Å². The van der Waals surface area contributed by atoms with Crippen LogP contribution in [0.3, 0.4) is 0 Å². The largest absolute Gasteiger partial charge is 0.342 e. The lowest BCUT2D eigenvalue weighted by atomic mass is 10.2. The van der Waals surface area contributed by atoms with Crippen LogP contribution in [-0.4, -0.2) is 30.8 Å². The minimum absolute atomic E-state index is 0.200. The van der Waals surface area contributed by atoms with Gasteiger partial charge in [-0.15, -0.1) is 10.2 Å². The van der Waals surface area contributed by atoms with Crippen molar-refractivity contribution < 1.29 is 9.32 Å². The smallest absolute Gasteiger partial charge is 0.257 e. The van der Waals surface area contributed by atoms with Crippen molar-refractivity contribution in [2.75, 3.05) is 0 Å². The minimum Gasteiger partial charge on any atom is -0.342 e. The zero-order valence-corrected chi connectivity index (χ0v) is 14.3. The minimum atomic E-state index is -0.230. The number of hydrogen-bond donors (Lipinski definition) is 1. The van der Waals surface area contributed by atoms with Crippen molar-refractivity contribution in [3.8, 4) is 0 Å². The average molecular weight is 340 g/mol. The highest BCUT2D eigenvalue weighted by molar-refractivity contribution is 5.97. The van der Waals surface area contributed by atoms with Gasteiger partial charge in [0.05, 0.1) is 22.7 Å². The second-order valence-electron chi connectivity index (χ2n) is 6.48. The number of rotatable bonds is 3. The van der Waals surface area contributed by atoms with Crippen LogP contribution in [0.25, 0.3) is 11.1 Å². The topological polar surface area (TPSA) is 98.7 Å². The number of pyridine rings is 1. The van der Waals surface area contributed by atoms with Crippen molar-refractivity contribution in [2.24, 2.45) is 0 Å². The maximum atomic E-state index is 12.6. The van der Waals surface area contributed by atoms with Crippen LogP contribution in [0, 0.1) is 6.92 Å². The number of aromatic nitrogens is 5. The van der Waals surface area contributed by atoms with Crippen LogP contribution in [0.2, 0.25) is 0 Å². The van der Waals surface area contributed by atoms with Gasteiger partial charge in [-0.05, 0) is 32.8 Å². The molecule has 0 saturated carbocycles. The highest BCUT2D eigenvalue weighted by Gasteiger charge is 2.21. The summed E-state index contributed by atoms with van der Waals surface area (Å²) >= 11 is 0. The Kier molecular flexibility index (Phi) is 3.95. The zero-order chi connectivity index (χ0) is 17.4. The van der Waals surface area contributed by atoms with Crippen LogP contribution < -0.4 is 5.32 Å². The predicted octanol–water partition coefficient (Wildman–Crippen LogP) is 2.34. The van der Waals surface area contributed by atoms with E-state index in [4.69, 9.17) is 4.52 Å². The molecule has 130 valence electrons. The lowest BCUT2D eigenvalue weighted by molar-refractivity contribution is 0.0937. The molecule has 0 spiro atoms. The highest BCUT2D eigenvalue weighted by atomic mass is 16.5. The van der Waals surface area contributed by atoms with E-state index in [0.717, 1.165) is 42.8 Å². The third-order valence-electron chi connectivity index (χ3n) is 4.65. The van der Waals surface area contributed by atoms with E-state index >= 15 is 0 Å². The first-order chi connectivity index (χ1) is 12.1. The Morgan fingerprint density at radius 1 is 1.32 bits per heavy atom. The van der Waals surface area contributed by atoms with Gasteiger partial charge >= 0.3 is 0 Å². The van der Waals surface area contributed by atoms with Crippen molar-refractivity contribution in [3.05, 3.63) is 35.2 Å². The maximum absolute atomic E-state index is 12.6. The number of fused-ring (bicyclic) bond motifs is 2. The number of hydrogen-bond acceptors (Lipinski definition) is 6. The third kappa shape index (κ3) is 2.88. The molecule has 0 saturated heterocycles. The van der Waals surface area contributed by atoms with Gasteiger partial charge in [0.15, 0.2) is 5.82 Å². The molecule has 1 N–H and O–H groups in total. The van der Waals surface area contributed by atoms with Crippen molar-refractivity contribution in [2.45, 2.75) is 52.1 Å². The van der Waals surface area contributed by atoms with Crippen LogP contribution in [0.5, 0.6) is 0 Å². The number of amides is 1. The number of nitrogens with zero attached hydrogens (tertiary/aromatic N) is 5. The number of nitrogens with one attached hydrogen (secondary N) is 1. The van der Waals surface area contributed by atoms with Crippen molar-refractivity contribution >= 4 is 17.0 Å². The number of carbonyl (C=O) groups excluding carboxylic acids is 1. The molecule has 0 radical (unpaired) electrons. The summed E-state index contributed by atoms with van der Waals surface area (Å²) in [6.45, 7) is 4.66. The van der Waals surface area contributed by atoms with E-state index in [0.29, 0.717) is 17.0 Å². The molecule has 3 aromatic heterocycles. The molecule has 0 aliphatic carbocycles. The zero-order valence-electron chi connectivity index (χ0n) is 14.3. The van der Waals surface area contributed by atoms with Gasteiger partial charge in [-0.25, -0.2) is 4.98 Å². The standard InChI is InChI=1S/C17H20N6O2/c1-10-13-8-12(9-18-17(13)25-22-10)16(24)19-11(2)15-21-20-14-6-4-3-5-7-23(14)15/h8-9,11H,3-7H2,1-2H3,(H,19,24)/t11-/m0/s1. The summed E-state index contributed by atoms with van der Waals surface area (Å²) in [7, 11) is 0. The monoisotopic (exact) mass is 340 g/mol. The van der Waals surface area contributed by atoms with Crippen LogP contribution in [0.15, 0.2) is 16.8 Å². The normalized spacial score (nSPS) is 15.6. The van der Waals surface area contributed by atoms with Gasteiger partial charge in [0.25, 0.3) is 11.6 Å². The first kappa shape index (κ1) is 15.7. The van der Waals surface area contributed by atoms with E-state index in [1.165, 1.54) is 12.6 Å². The van der Waals surface area contributed by atoms with Gasteiger partial charge in [0, 0.05) is 19.2 Å². The summed E-state index contributed by atoms with van der Waals surface area (Å²) < 4.78 is 7.23.